The van der Waals surface area contributed by atoms with Crippen molar-refractivity contribution in [3.05, 3.63) is 44.8 Å². The number of hydrogen-bond donors (Lipinski definition) is 0. The van der Waals surface area contributed by atoms with Gasteiger partial charge in [0.2, 0.25) is 0 Å². The maximum atomic E-state index is 12.3. The molecule has 0 N–H and O–H groups in total. The Balaban J connectivity index is 2.21. The number of rotatable bonds is 6. The standard InChI is InChI=1S/C13H12O2S2/c14-7-1-4-10(11-5-2-8-16-11)13(15)12-6-3-9-17-12/h2-3,5-10H,1,4H2. The Morgan fingerprint density at radius 1 is 1.24 bits per heavy atom. The Hall–Kier alpha value is -1.26. The molecule has 4 heteroatoms. The predicted molar refractivity (Wildman–Crippen MR) is 71.0 cm³/mol. The smallest absolute Gasteiger partial charge is 0.181 e. The lowest BCUT2D eigenvalue weighted by Crippen LogP contribution is -2.10. The molecule has 88 valence electrons. The van der Waals surface area contributed by atoms with E-state index in [0.29, 0.717) is 12.8 Å². The molecule has 0 bridgehead atoms. The molecule has 0 aliphatic heterocycles. The van der Waals surface area contributed by atoms with Crippen LogP contribution in [0.15, 0.2) is 35.0 Å². The predicted octanol–water partition coefficient (Wildman–Crippen LogP) is 3.76. The molecule has 0 saturated carbocycles. The molecule has 2 heterocycles. The van der Waals surface area contributed by atoms with Crippen molar-refractivity contribution in [1.29, 1.82) is 0 Å². The summed E-state index contributed by atoms with van der Waals surface area (Å²) in [4.78, 5) is 24.6. The second-order valence-corrected chi connectivity index (χ2v) is 5.58. The van der Waals surface area contributed by atoms with Crippen LogP contribution in [0.25, 0.3) is 0 Å². The van der Waals surface area contributed by atoms with Gasteiger partial charge in [0.1, 0.15) is 6.29 Å². The second kappa shape index (κ2) is 5.89. The number of aldehydes is 1. The average Bonchev–Trinajstić information content (AvgIpc) is 3.02. The molecule has 0 amide bonds. The van der Waals surface area contributed by atoms with Gasteiger partial charge in [0.05, 0.1) is 10.8 Å². The molecule has 0 spiro atoms. The van der Waals surface area contributed by atoms with Crippen LogP contribution < -0.4 is 0 Å². The van der Waals surface area contributed by atoms with Crippen molar-refractivity contribution in [2.45, 2.75) is 18.8 Å². The maximum Gasteiger partial charge on any atom is 0.181 e. The fraction of sp³-hybridized carbons (Fsp3) is 0.231. The summed E-state index contributed by atoms with van der Waals surface area (Å²) < 4.78 is 0. The van der Waals surface area contributed by atoms with Gasteiger partial charge in [0.15, 0.2) is 5.78 Å². The van der Waals surface area contributed by atoms with E-state index in [0.717, 1.165) is 16.0 Å². The van der Waals surface area contributed by atoms with Crippen molar-refractivity contribution in [2.24, 2.45) is 0 Å². The third kappa shape index (κ3) is 2.90. The average molecular weight is 264 g/mol. The summed E-state index contributed by atoms with van der Waals surface area (Å²) in [5, 5.41) is 3.86. The number of carbonyl (C=O) groups excluding carboxylic acids is 2. The van der Waals surface area contributed by atoms with Gasteiger partial charge in [-0.15, -0.1) is 22.7 Å². The van der Waals surface area contributed by atoms with Crippen LogP contribution in [0.3, 0.4) is 0 Å². The minimum atomic E-state index is -0.168. The summed E-state index contributed by atoms with van der Waals surface area (Å²) in [5.74, 6) is -0.0388. The van der Waals surface area contributed by atoms with Crippen LogP contribution in [0.1, 0.15) is 33.3 Å². The molecular weight excluding hydrogens is 252 g/mol. The van der Waals surface area contributed by atoms with Gasteiger partial charge < -0.3 is 4.79 Å². The van der Waals surface area contributed by atoms with E-state index in [2.05, 4.69) is 0 Å². The van der Waals surface area contributed by atoms with Crippen LogP contribution in [0.2, 0.25) is 0 Å². The van der Waals surface area contributed by atoms with Crippen molar-refractivity contribution >= 4 is 34.7 Å². The number of thiophene rings is 2. The molecule has 2 aromatic rings. The Labute approximate surface area is 108 Å². The van der Waals surface area contributed by atoms with Crippen molar-refractivity contribution in [3.8, 4) is 0 Å². The van der Waals surface area contributed by atoms with E-state index in [-0.39, 0.29) is 11.7 Å². The van der Waals surface area contributed by atoms with E-state index in [1.807, 2.05) is 35.0 Å². The largest absolute Gasteiger partial charge is 0.303 e. The minimum absolute atomic E-state index is 0.129. The van der Waals surface area contributed by atoms with Gasteiger partial charge in [-0.05, 0) is 29.3 Å². The first-order valence-electron chi connectivity index (χ1n) is 5.37. The van der Waals surface area contributed by atoms with Crippen molar-refractivity contribution < 1.29 is 9.59 Å². The van der Waals surface area contributed by atoms with Crippen molar-refractivity contribution in [1.82, 2.24) is 0 Å². The van der Waals surface area contributed by atoms with E-state index in [4.69, 9.17) is 0 Å². The lowest BCUT2D eigenvalue weighted by atomic mass is 9.96. The molecular formula is C13H12O2S2. The molecule has 0 aliphatic rings. The summed E-state index contributed by atoms with van der Waals surface area (Å²) in [6.07, 6.45) is 1.91. The molecule has 1 atom stereocenters. The first-order chi connectivity index (χ1) is 8.33. The summed E-state index contributed by atoms with van der Waals surface area (Å²) in [7, 11) is 0. The van der Waals surface area contributed by atoms with E-state index in [9.17, 15) is 9.59 Å². The fourth-order valence-electron chi connectivity index (χ4n) is 1.72. The number of carbonyl (C=O) groups is 2. The number of hydrogen-bond acceptors (Lipinski definition) is 4. The normalized spacial score (nSPS) is 12.2. The summed E-state index contributed by atoms with van der Waals surface area (Å²) in [6, 6.07) is 7.62. The molecule has 17 heavy (non-hydrogen) atoms. The second-order valence-electron chi connectivity index (χ2n) is 3.65. The third-order valence-corrected chi connectivity index (χ3v) is 4.41. The third-order valence-electron chi connectivity index (χ3n) is 2.54. The first kappa shape index (κ1) is 12.2. The van der Waals surface area contributed by atoms with Gasteiger partial charge in [0.25, 0.3) is 0 Å². The van der Waals surface area contributed by atoms with Crippen LogP contribution in [0.5, 0.6) is 0 Å². The van der Waals surface area contributed by atoms with E-state index < -0.39 is 0 Å². The summed E-state index contributed by atoms with van der Waals surface area (Å²) in [6.45, 7) is 0. The molecule has 2 aromatic heterocycles. The molecule has 0 aliphatic carbocycles. The van der Waals surface area contributed by atoms with E-state index >= 15 is 0 Å². The zero-order valence-electron chi connectivity index (χ0n) is 9.17. The highest BCUT2D eigenvalue weighted by molar-refractivity contribution is 7.12. The minimum Gasteiger partial charge on any atom is -0.303 e. The molecule has 0 radical (unpaired) electrons. The Morgan fingerprint density at radius 2 is 2.00 bits per heavy atom. The highest BCUT2D eigenvalue weighted by Crippen LogP contribution is 2.30. The van der Waals surface area contributed by atoms with Gasteiger partial charge in [-0.3, -0.25) is 4.79 Å². The lowest BCUT2D eigenvalue weighted by Gasteiger charge is -2.11. The quantitative estimate of drug-likeness (QED) is 0.588. The highest BCUT2D eigenvalue weighted by atomic mass is 32.1. The zero-order chi connectivity index (χ0) is 12.1. The molecule has 0 saturated heterocycles. The van der Waals surface area contributed by atoms with Crippen LogP contribution >= 0.6 is 22.7 Å². The zero-order valence-corrected chi connectivity index (χ0v) is 10.8. The van der Waals surface area contributed by atoms with E-state index in [1.165, 1.54) is 11.3 Å². The SMILES string of the molecule is O=CCCC(C(=O)c1cccs1)c1cccs1. The van der Waals surface area contributed by atoms with Gasteiger partial charge in [-0.2, -0.15) is 0 Å². The number of Topliss-reactive ketones (excluding diaryl/α,β-unsaturated/α-hetero) is 1. The lowest BCUT2D eigenvalue weighted by molar-refractivity contribution is -0.107. The van der Waals surface area contributed by atoms with Gasteiger partial charge >= 0.3 is 0 Å². The summed E-state index contributed by atoms with van der Waals surface area (Å²) >= 11 is 3.03. The first-order valence-corrected chi connectivity index (χ1v) is 7.13. The Morgan fingerprint density at radius 3 is 2.59 bits per heavy atom. The summed E-state index contributed by atoms with van der Waals surface area (Å²) in [5.41, 5.74) is 0. The van der Waals surface area contributed by atoms with Crippen LogP contribution in [0, 0.1) is 0 Å². The van der Waals surface area contributed by atoms with Crippen LogP contribution in [0.4, 0.5) is 0 Å². The highest BCUT2D eigenvalue weighted by Gasteiger charge is 2.23. The van der Waals surface area contributed by atoms with Gasteiger partial charge in [0, 0.05) is 11.3 Å². The molecule has 1 unspecified atom stereocenters. The molecule has 0 fully saturated rings. The topological polar surface area (TPSA) is 34.1 Å². The van der Waals surface area contributed by atoms with Crippen molar-refractivity contribution in [2.75, 3.05) is 0 Å². The maximum absolute atomic E-state index is 12.3. The van der Waals surface area contributed by atoms with Crippen LogP contribution in [-0.2, 0) is 4.79 Å². The van der Waals surface area contributed by atoms with Gasteiger partial charge in [-0.25, -0.2) is 0 Å². The van der Waals surface area contributed by atoms with E-state index in [1.54, 1.807) is 11.3 Å². The Kier molecular flexibility index (Phi) is 4.23. The van der Waals surface area contributed by atoms with Gasteiger partial charge in [-0.1, -0.05) is 12.1 Å². The van der Waals surface area contributed by atoms with Crippen molar-refractivity contribution in [3.63, 3.8) is 0 Å². The monoisotopic (exact) mass is 264 g/mol. The molecule has 2 nitrogen and oxygen atoms in total. The Bertz CT molecular complexity index is 472. The number of ketones is 1. The molecule has 0 aromatic carbocycles. The fourth-order valence-corrected chi connectivity index (χ4v) is 3.30. The molecule has 2 rings (SSSR count). The van der Waals surface area contributed by atoms with Crippen LogP contribution in [-0.4, -0.2) is 12.1 Å².